The number of hydrogen-bond donors (Lipinski definition) is 2. The van der Waals surface area contributed by atoms with Crippen molar-refractivity contribution in [2.24, 2.45) is 0 Å². The van der Waals surface area contributed by atoms with Crippen LogP contribution in [0.5, 0.6) is 0 Å². The number of carbonyl (C=O) groups excluding carboxylic acids is 1. The van der Waals surface area contributed by atoms with Crippen molar-refractivity contribution in [1.82, 2.24) is 10.6 Å². The van der Waals surface area contributed by atoms with Gasteiger partial charge in [-0.25, -0.2) is 0 Å². The molecule has 0 radical (unpaired) electrons. The van der Waals surface area contributed by atoms with E-state index in [2.05, 4.69) is 10.6 Å². The van der Waals surface area contributed by atoms with Gasteiger partial charge in [0.05, 0.1) is 5.56 Å². The van der Waals surface area contributed by atoms with E-state index in [0.29, 0.717) is 44.6 Å². The average Bonchev–Trinajstić information content (AvgIpc) is 3.13. The van der Waals surface area contributed by atoms with Crippen molar-refractivity contribution in [3.05, 3.63) is 35.4 Å². The van der Waals surface area contributed by atoms with E-state index in [4.69, 9.17) is 4.74 Å². The lowest BCUT2D eigenvalue weighted by molar-refractivity contribution is -0.137. The molecule has 27 heavy (non-hydrogen) atoms. The monoisotopic (exact) mass is 406 g/mol. The van der Waals surface area contributed by atoms with Gasteiger partial charge in [0.2, 0.25) is 5.91 Å². The second-order valence-corrected chi connectivity index (χ2v) is 7.25. The first kappa shape index (κ1) is 22.0. The molecule has 2 aliphatic heterocycles. The highest BCUT2D eigenvalue weighted by molar-refractivity contribution is 5.85. The molecule has 2 N–H and O–H groups in total. The maximum atomic E-state index is 13.1. The Morgan fingerprint density at radius 3 is 2.67 bits per heavy atom. The van der Waals surface area contributed by atoms with Crippen LogP contribution in [0.2, 0.25) is 0 Å². The van der Waals surface area contributed by atoms with Crippen molar-refractivity contribution in [2.45, 2.75) is 49.7 Å². The molecule has 0 aromatic heterocycles. The van der Waals surface area contributed by atoms with Gasteiger partial charge in [-0.2, -0.15) is 13.2 Å². The number of alkyl halides is 3. The maximum Gasteiger partial charge on any atom is 0.416 e. The highest BCUT2D eigenvalue weighted by atomic mass is 35.5. The zero-order chi connectivity index (χ0) is 18.6. The summed E-state index contributed by atoms with van der Waals surface area (Å²) in [7, 11) is 0. The summed E-state index contributed by atoms with van der Waals surface area (Å²) < 4.78 is 44.7. The van der Waals surface area contributed by atoms with Crippen LogP contribution < -0.4 is 10.6 Å². The van der Waals surface area contributed by atoms with Gasteiger partial charge in [-0.15, -0.1) is 12.4 Å². The largest absolute Gasteiger partial charge is 0.416 e. The SMILES string of the molecule is Cl.O=C(CC1CCCN1)NCC1(c2cccc(C(F)(F)F)c2)CCOCC1. The molecule has 0 aliphatic carbocycles. The first-order valence-electron chi connectivity index (χ1n) is 9.15. The molecule has 1 unspecified atom stereocenters. The molecule has 152 valence electrons. The Morgan fingerprint density at radius 2 is 2.04 bits per heavy atom. The van der Waals surface area contributed by atoms with Gasteiger partial charge in [-0.05, 0) is 43.9 Å². The molecular weight excluding hydrogens is 381 g/mol. The fraction of sp³-hybridized carbons (Fsp3) is 0.632. The molecule has 3 rings (SSSR count). The van der Waals surface area contributed by atoms with Gasteiger partial charge in [0.25, 0.3) is 0 Å². The molecule has 1 aromatic carbocycles. The Hall–Kier alpha value is -1.31. The first-order valence-corrected chi connectivity index (χ1v) is 9.15. The lowest BCUT2D eigenvalue weighted by Gasteiger charge is -2.38. The van der Waals surface area contributed by atoms with Gasteiger partial charge >= 0.3 is 6.18 Å². The Labute approximate surface area is 163 Å². The molecule has 2 fully saturated rings. The minimum atomic E-state index is -4.38. The predicted molar refractivity (Wildman–Crippen MR) is 99.1 cm³/mol. The van der Waals surface area contributed by atoms with Gasteiger partial charge in [0.1, 0.15) is 0 Å². The third-order valence-electron chi connectivity index (χ3n) is 5.47. The minimum absolute atomic E-state index is 0. The van der Waals surface area contributed by atoms with E-state index in [1.54, 1.807) is 6.07 Å². The summed E-state index contributed by atoms with van der Waals surface area (Å²) in [4.78, 5) is 12.3. The van der Waals surface area contributed by atoms with Crippen molar-refractivity contribution in [3.8, 4) is 0 Å². The minimum Gasteiger partial charge on any atom is -0.381 e. The molecule has 2 saturated heterocycles. The molecule has 0 saturated carbocycles. The summed E-state index contributed by atoms with van der Waals surface area (Å²) in [6.07, 6.45) is -0.717. The van der Waals surface area contributed by atoms with Crippen LogP contribution in [0.15, 0.2) is 24.3 Å². The molecule has 0 spiro atoms. The number of hydrogen-bond acceptors (Lipinski definition) is 3. The van der Waals surface area contributed by atoms with E-state index in [9.17, 15) is 18.0 Å². The number of amides is 1. The van der Waals surface area contributed by atoms with Crippen LogP contribution in [0.1, 0.15) is 43.2 Å². The molecule has 8 heteroatoms. The van der Waals surface area contributed by atoms with Gasteiger partial charge in [-0.1, -0.05) is 18.2 Å². The topological polar surface area (TPSA) is 50.4 Å². The van der Waals surface area contributed by atoms with Crippen molar-refractivity contribution in [2.75, 3.05) is 26.3 Å². The normalized spacial score (nSPS) is 22.1. The summed E-state index contributed by atoms with van der Waals surface area (Å²) in [6, 6.07) is 5.68. The fourth-order valence-corrected chi connectivity index (χ4v) is 3.85. The Balaban J connectivity index is 0.00000261. The quantitative estimate of drug-likeness (QED) is 0.787. The zero-order valence-electron chi connectivity index (χ0n) is 15.1. The second-order valence-electron chi connectivity index (χ2n) is 7.25. The lowest BCUT2D eigenvalue weighted by Crippen LogP contribution is -2.45. The summed E-state index contributed by atoms with van der Waals surface area (Å²) in [5, 5.41) is 6.25. The van der Waals surface area contributed by atoms with E-state index < -0.39 is 17.2 Å². The van der Waals surface area contributed by atoms with Gasteiger partial charge < -0.3 is 15.4 Å². The van der Waals surface area contributed by atoms with Crippen LogP contribution in [-0.2, 0) is 21.1 Å². The van der Waals surface area contributed by atoms with Crippen LogP contribution in [0.3, 0.4) is 0 Å². The summed E-state index contributed by atoms with van der Waals surface area (Å²) >= 11 is 0. The van der Waals surface area contributed by atoms with Crippen molar-refractivity contribution in [1.29, 1.82) is 0 Å². The number of ether oxygens (including phenoxy) is 1. The summed E-state index contributed by atoms with van der Waals surface area (Å²) in [5.74, 6) is -0.0535. The average molecular weight is 407 g/mol. The third kappa shape index (κ3) is 5.59. The number of rotatable bonds is 5. The van der Waals surface area contributed by atoms with Crippen LogP contribution >= 0.6 is 12.4 Å². The summed E-state index contributed by atoms with van der Waals surface area (Å²) in [6.45, 7) is 2.24. The van der Waals surface area contributed by atoms with Gasteiger partial charge in [0, 0.05) is 37.6 Å². The van der Waals surface area contributed by atoms with Crippen LogP contribution in [0, 0.1) is 0 Å². The highest BCUT2D eigenvalue weighted by Crippen LogP contribution is 2.37. The van der Waals surface area contributed by atoms with E-state index >= 15 is 0 Å². The molecule has 1 aromatic rings. The number of nitrogens with one attached hydrogen (secondary N) is 2. The number of carbonyl (C=O) groups is 1. The van der Waals surface area contributed by atoms with E-state index in [1.807, 2.05) is 0 Å². The highest BCUT2D eigenvalue weighted by Gasteiger charge is 2.37. The van der Waals surface area contributed by atoms with Crippen LogP contribution in [-0.4, -0.2) is 38.3 Å². The lowest BCUT2D eigenvalue weighted by atomic mass is 9.73. The van der Waals surface area contributed by atoms with E-state index in [0.717, 1.165) is 25.5 Å². The molecular formula is C19H26ClF3N2O2. The van der Waals surface area contributed by atoms with E-state index in [1.165, 1.54) is 12.1 Å². The summed E-state index contributed by atoms with van der Waals surface area (Å²) in [5.41, 5.74) is -0.546. The van der Waals surface area contributed by atoms with Crippen LogP contribution in [0.4, 0.5) is 13.2 Å². The van der Waals surface area contributed by atoms with Crippen molar-refractivity contribution in [3.63, 3.8) is 0 Å². The number of halogens is 4. The number of benzene rings is 1. The molecule has 1 atom stereocenters. The zero-order valence-corrected chi connectivity index (χ0v) is 15.9. The van der Waals surface area contributed by atoms with Crippen LogP contribution in [0.25, 0.3) is 0 Å². The van der Waals surface area contributed by atoms with E-state index in [-0.39, 0.29) is 24.4 Å². The molecule has 4 nitrogen and oxygen atoms in total. The Kier molecular flexibility index (Phi) is 7.54. The molecule has 0 bridgehead atoms. The fourth-order valence-electron chi connectivity index (χ4n) is 3.85. The molecule has 2 aliphatic rings. The Bertz CT molecular complexity index is 628. The second kappa shape index (κ2) is 9.26. The smallest absolute Gasteiger partial charge is 0.381 e. The van der Waals surface area contributed by atoms with Gasteiger partial charge in [0.15, 0.2) is 0 Å². The van der Waals surface area contributed by atoms with Crippen molar-refractivity contribution < 1.29 is 22.7 Å². The Morgan fingerprint density at radius 1 is 1.30 bits per heavy atom. The third-order valence-corrected chi connectivity index (χ3v) is 5.47. The molecule has 1 amide bonds. The van der Waals surface area contributed by atoms with Crippen molar-refractivity contribution >= 4 is 18.3 Å². The first-order chi connectivity index (χ1) is 12.4. The maximum absolute atomic E-state index is 13.1. The predicted octanol–water partition coefficient (Wildman–Crippen LogP) is 3.43. The molecule has 2 heterocycles. The standard InChI is InChI=1S/C19H25F3N2O2.ClH/c20-19(21,22)15-4-1-3-14(11-15)18(6-9-26-10-7-18)13-24-17(25)12-16-5-2-8-23-16;/h1,3-4,11,16,23H,2,5-10,12-13H2,(H,24,25);1H. The van der Waals surface area contributed by atoms with Gasteiger partial charge in [-0.3, -0.25) is 4.79 Å².